The third kappa shape index (κ3) is 2.04. The minimum Gasteiger partial charge on any atom is -0.496 e. The summed E-state index contributed by atoms with van der Waals surface area (Å²) in [5, 5.41) is 12.6. The molecule has 0 radical (unpaired) electrons. The number of furan rings is 1. The van der Waals surface area contributed by atoms with Gasteiger partial charge >= 0.3 is 0 Å². The maximum absolute atomic E-state index is 9.50. The maximum atomic E-state index is 9.50. The van der Waals surface area contributed by atoms with Crippen molar-refractivity contribution in [2.75, 3.05) is 7.11 Å². The molecule has 0 aliphatic heterocycles. The second kappa shape index (κ2) is 5.19. The van der Waals surface area contributed by atoms with E-state index >= 15 is 0 Å². The van der Waals surface area contributed by atoms with E-state index in [1.165, 1.54) is 0 Å². The molecule has 0 spiro atoms. The van der Waals surface area contributed by atoms with Crippen LogP contribution in [0.5, 0.6) is 5.75 Å². The highest BCUT2D eigenvalue weighted by Gasteiger charge is 2.19. The van der Waals surface area contributed by atoms with Gasteiger partial charge in [0.05, 0.1) is 12.7 Å². The van der Waals surface area contributed by atoms with E-state index < -0.39 is 0 Å². The van der Waals surface area contributed by atoms with Crippen molar-refractivity contribution in [3.63, 3.8) is 0 Å². The maximum Gasteiger partial charge on any atom is 0.212 e. The van der Waals surface area contributed by atoms with Crippen LogP contribution in [0.25, 0.3) is 32.9 Å². The van der Waals surface area contributed by atoms with Crippen LogP contribution < -0.4 is 4.74 Å². The van der Waals surface area contributed by atoms with Gasteiger partial charge in [0, 0.05) is 10.9 Å². The van der Waals surface area contributed by atoms with Crippen LogP contribution in [0.2, 0.25) is 0 Å². The average Bonchev–Trinajstić information content (AvgIpc) is 2.96. The summed E-state index contributed by atoms with van der Waals surface area (Å²) in [6, 6.07) is 22.0. The second-order valence-electron chi connectivity index (χ2n) is 5.31. The zero-order chi connectivity index (χ0) is 15.8. The second-order valence-corrected chi connectivity index (χ2v) is 5.31. The molecule has 0 saturated carbocycles. The number of rotatable bonds is 2. The van der Waals surface area contributed by atoms with Crippen molar-refractivity contribution in [3.8, 4) is 22.9 Å². The molecule has 1 aromatic heterocycles. The number of nitrogens with zero attached hydrogens (tertiary/aromatic N) is 1. The van der Waals surface area contributed by atoms with Crippen LogP contribution in [0, 0.1) is 11.3 Å². The molecule has 0 unspecified atom stereocenters. The minimum absolute atomic E-state index is 0.305. The number of methoxy groups -OCH3 is 1. The van der Waals surface area contributed by atoms with Crippen LogP contribution in [-0.4, -0.2) is 7.11 Å². The van der Waals surface area contributed by atoms with Crippen LogP contribution in [-0.2, 0) is 0 Å². The highest BCUT2D eigenvalue weighted by Crippen LogP contribution is 2.40. The van der Waals surface area contributed by atoms with Crippen molar-refractivity contribution < 1.29 is 9.15 Å². The topological polar surface area (TPSA) is 46.2 Å². The highest BCUT2D eigenvalue weighted by molar-refractivity contribution is 6.05. The number of hydrogen-bond acceptors (Lipinski definition) is 3. The fourth-order valence-electron chi connectivity index (χ4n) is 2.98. The van der Waals surface area contributed by atoms with E-state index in [0.717, 1.165) is 33.0 Å². The lowest BCUT2D eigenvalue weighted by Crippen LogP contribution is -1.88. The summed E-state index contributed by atoms with van der Waals surface area (Å²) in [6.07, 6.45) is 0. The van der Waals surface area contributed by atoms with Gasteiger partial charge in [-0.05, 0) is 29.0 Å². The Labute approximate surface area is 133 Å². The normalized spacial score (nSPS) is 10.8. The molecule has 0 N–H and O–H groups in total. The molecule has 0 bridgehead atoms. The molecule has 0 atom stereocenters. The Hall–Kier alpha value is -3.25. The molecular weight excluding hydrogens is 286 g/mol. The molecule has 4 aromatic rings. The SMILES string of the molecule is COc1ccccc1-c1c(C#N)oc2cc3ccccc3cc12. The summed E-state index contributed by atoms with van der Waals surface area (Å²) in [4.78, 5) is 0. The third-order valence-electron chi connectivity index (χ3n) is 4.03. The van der Waals surface area contributed by atoms with Crippen LogP contribution in [0.3, 0.4) is 0 Å². The number of ether oxygens (including phenoxy) is 1. The quantitative estimate of drug-likeness (QED) is 0.515. The van der Waals surface area contributed by atoms with Crippen LogP contribution >= 0.6 is 0 Å². The molecule has 3 aromatic carbocycles. The Morgan fingerprint density at radius 3 is 2.39 bits per heavy atom. The minimum atomic E-state index is 0.305. The fraction of sp³-hybridized carbons (Fsp3) is 0.0500. The summed E-state index contributed by atoms with van der Waals surface area (Å²) in [5.41, 5.74) is 2.35. The van der Waals surface area contributed by atoms with Crippen LogP contribution in [0.4, 0.5) is 0 Å². The van der Waals surface area contributed by atoms with E-state index in [2.05, 4.69) is 18.2 Å². The molecular formula is C20H13NO2. The molecule has 0 aliphatic carbocycles. The molecule has 4 rings (SSSR count). The lowest BCUT2D eigenvalue weighted by atomic mass is 9.99. The summed E-state index contributed by atoms with van der Waals surface area (Å²) in [7, 11) is 1.63. The Morgan fingerprint density at radius 1 is 0.957 bits per heavy atom. The number of benzene rings is 3. The molecule has 0 aliphatic rings. The molecule has 110 valence electrons. The van der Waals surface area contributed by atoms with Crippen LogP contribution in [0.1, 0.15) is 5.76 Å². The van der Waals surface area contributed by atoms with Gasteiger partial charge in [-0.15, -0.1) is 0 Å². The lowest BCUT2D eigenvalue weighted by Gasteiger charge is -2.07. The average molecular weight is 299 g/mol. The Balaban J connectivity index is 2.12. The Bertz CT molecular complexity index is 1070. The van der Waals surface area contributed by atoms with E-state index in [1.54, 1.807) is 7.11 Å². The Kier molecular flexibility index (Phi) is 3.03. The van der Waals surface area contributed by atoms with E-state index in [9.17, 15) is 5.26 Å². The summed E-state index contributed by atoms with van der Waals surface area (Å²) >= 11 is 0. The molecule has 23 heavy (non-hydrogen) atoms. The molecule has 3 nitrogen and oxygen atoms in total. The van der Waals surface area contributed by atoms with Crippen molar-refractivity contribution in [2.45, 2.75) is 0 Å². The smallest absolute Gasteiger partial charge is 0.212 e. The van der Waals surface area contributed by atoms with E-state index in [-0.39, 0.29) is 0 Å². The zero-order valence-corrected chi connectivity index (χ0v) is 12.5. The van der Waals surface area contributed by atoms with Crippen molar-refractivity contribution in [3.05, 3.63) is 66.4 Å². The van der Waals surface area contributed by atoms with Crippen LogP contribution in [0.15, 0.2) is 65.1 Å². The van der Waals surface area contributed by atoms with Crippen molar-refractivity contribution in [1.82, 2.24) is 0 Å². The molecule has 0 saturated heterocycles. The van der Waals surface area contributed by atoms with Gasteiger partial charge in [-0.1, -0.05) is 42.5 Å². The monoisotopic (exact) mass is 299 g/mol. The largest absolute Gasteiger partial charge is 0.496 e. The summed E-state index contributed by atoms with van der Waals surface area (Å²) < 4.78 is 11.2. The van der Waals surface area contributed by atoms with Gasteiger partial charge < -0.3 is 9.15 Å². The van der Waals surface area contributed by atoms with Gasteiger partial charge in [-0.25, -0.2) is 0 Å². The predicted octanol–water partition coefficient (Wildman–Crippen LogP) is 5.13. The molecule has 0 fully saturated rings. The van der Waals surface area contributed by atoms with Gasteiger partial charge in [0.2, 0.25) is 5.76 Å². The van der Waals surface area contributed by atoms with Crippen molar-refractivity contribution in [1.29, 1.82) is 5.26 Å². The first kappa shape index (κ1) is 13.4. The van der Waals surface area contributed by atoms with E-state index in [4.69, 9.17) is 9.15 Å². The Morgan fingerprint density at radius 2 is 1.65 bits per heavy atom. The lowest BCUT2D eigenvalue weighted by molar-refractivity contribution is 0.416. The van der Waals surface area contributed by atoms with E-state index in [0.29, 0.717) is 11.3 Å². The summed E-state index contributed by atoms with van der Waals surface area (Å²) in [5.74, 6) is 1.03. The first-order valence-electron chi connectivity index (χ1n) is 7.30. The molecule has 0 amide bonds. The number of fused-ring (bicyclic) bond motifs is 2. The molecule has 1 heterocycles. The third-order valence-corrected chi connectivity index (χ3v) is 4.03. The van der Waals surface area contributed by atoms with Gasteiger partial charge in [-0.2, -0.15) is 5.26 Å². The number of para-hydroxylation sites is 1. The highest BCUT2D eigenvalue weighted by atomic mass is 16.5. The molecule has 3 heteroatoms. The number of hydrogen-bond donors (Lipinski definition) is 0. The standard InChI is InChI=1S/C20H13NO2/c1-22-17-9-5-4-8-15(17)20-16-10-13-6-2-3-7-14(13)11-18(16)23-19(20)12-21/h2-11H,1H3. The van der Waals surface area contributed by atoms with E-state index in [1.807, 2.05) is 48.5 Å². The number of nitriles is 1. The zero-order valence-electron chi connectivity index (χ0n) is 12.5. The van der Waals surface area contributed by atoms with Gasteiger partial charge in [-0.3, -0.25) is 0 Å². The summed E-state index contributed by atoms with van der Waals surface area (Å²) in [6.45, 7) is 0. The van der Waals surface area contributed by atoms with Gasteiger partial charge in [0.15, 0.2) is 0 Å². The van der Waals surface area contributed by atoms with Gasteiger partial charge in [0.1, 0.15) is 17.4 Å². The van der Waals surface area contributed by atoms with Gasteiger partial charge in [0.25, 0.3) is 0 Å². The first-order valence-corrected chi connectivity index (χ1v) is 7.30. The van der Waals surface area contributed by atoms with Crippen molar-refractivity contribution >= 4 is 21.7 Å². The predicted molar refractivity (Wildman–Crippen MR) is 90.4 cm³/mol. The van der Waals surface area contributed by atoms with Crippen molar-refractivity contribution in [2.24, 2.45) is 0 Å². The first-order chi connectivity index (χ1) is 11.3. The fourth-order valence-corrected chi connectivity index (χ4v) is 2.98.